The zero-order chi connectivity index (χ0) is 12.6. The molecule has 0 bridgehead atoms. The lowest BCUT2D eigenvalue weighted by Crippen LogP contribution is -2.23. The molecule has 0 spiro atoms. The standard InChI is InChI=1S/C15H19N3/c1-13(15-7-3-5-10-18-15)12-16-11-8-14-6-2-4-9-17-14/h2-7,9-10,13,16H,8,11-12H2,1H3. The zero-order valence-electron chi connectivity index (χ0n) is 10.7. The summed E-state index contributed by atoms with van der Waals surface area (Å²) in [4.78, 5) is 8.66. The van der Waals surface area contributed by atoms with E-state index in [0.29, 0.717) is 5.92 Å². The van der Waals surface area contributed by atoms with Crippen LogP contribution in [0.25, 0.3) is 0 Å². The fraction of sp³-hybridized carbons (Fsp3) is 0.333. The first-order chi connectivity index (χ1) is 8.86. The average Bonchev–Trinajstić information content (AvgIpc) is 2.45. The van der Waals surface area contributed by atoms with Gasteiger partial charge in [0.2, 0.25) is 0 Å². The SMILES string of the molecule is CC(CNCCc1ccccn1)c1ccccn1. The molecule has 0 aromatic carbocycles. The van der Waals surface area contributed by atoms with Crippen molar-refractivity contribution in [2.24, 2.45) is 0 Å². The summed E-state index contributed by atoms with van der Waals surface area (Å²) in [5.74, 6) is 0.440. The fourth-order valence-electron chi connectivity index (χ4n) is 1.85. The van der Waals surface area contributed by atoms with Crippen LogP contribution in [0.1, 0.15) is 24.2 Å². The van der Waals surface area contributed by atoms with Crippen LogP contribution in [0, 0.1) is 0 Å². The summed E-state index contributed by atoms with van der Waals surface area (Å²) in [5, 5.41) is 3.45. The molecule has 0 radical (unpaired) electrons. The van der Waals surface area contributed by atoms with E-state index in [-0.39, 0.29) is 0 Å². The molecule has 2 aromatic rings. The number of aromatic nitrogens is 2. The molecule has 1 atom stereocenters. The highest BCUT2D eigenvalue weighted by molar-refractivity contribution is 5.09. The molecule has 18 heavy (non-hydrogen) atoms. The monoisotopic (exact) mass is 241 g/mol. The maximum Gasteiger partial charge on any atom is 0.0444 e. The fourth-order valence-corrected chi connectivity index (χ4v) is 1.85. The van der Waals surface area contributed by atoms with Crippen LogP contribution < -0.4 is 5.32 Å². The van der Waals surface area contributed by atoms with Gasteiger partial charge in [0, 0.05) is 49.2 Å². The topological polar surface area (TPSA) is 37.8 Å². The van der Waals surface area contributed by atoms with Crippen molar-refractivity contribution in [2.75, 3.05) is 13.1 Å². The molecule has 0 saturated heterocycles. The Morgan fingerprint density at radius 1 is 1.06 bits per heavy atom. The van der Waals surface area contributed by atoms with Gasteiger partial charge in [0.1, 0.15) is 0 Å². The molecule has 0 aliphatic carbocycles. The van der Waals surface area contributed by atoms with Crippen LogP contribution in [0.5, 0.6) is 0 Å². The van der Waals surface area contributed by atoms with Crippen molar-refractivity contribution < 1.29 is 0 Å². The summed E-state index contributed by atoms with van der Waals surface area (Å²) in [6, 6.07) is 12.1. The minimum absolute atomic E-state index is 0.440. The molecule has 0 amide bonds. The molecule has 3 nitrogen and oxygen atoms in total. The molecular formula is C15H19N3. The zero-order valence-corrected chi connectivity index (χ0v) is 10.7. The average molecular weight is 241 g/mol. The second-order valence-electron chi connectivity index (χ2n) is 4.43. The first-order valence-electron chi connectivity index (χ1n) is 6.38. The van der Waals surface area contributed by atoms with Crippen molar-refractivity contribution >= 4 is 0 Å². The molecule has 1 N–H and O–H groups in total. The number of hydrogen-bond donors (Lipinski definition) is 1. The molecule has 2 aromatic heterocycles. The van der Waals surface area contributed by atoms with Crippen LogP contribution in [-0.2, 0) is 6.42 Å². The minimum Gasteiger partial charge on any atom is -0.316 e. The molecule has 3 heteroatoms. The Morgan fingerprint density at radius 3 is 2.50 bits per heavy atom. The van der Waals surface area contributed by atoms with Gasteiger partial charge in [-0.3, -0.25) is 9.97 Å². The lowest BCUT2D eigenvalue weighted by molar-refractivity contribution is 0.602. The predicted octanol–water partition coefficient (Wildman–Crippen LogP) is 2.41. The third-order valence-electron chi connectivity index (χ3n) is 2.93. The molecule has 2 heterocycles. The maximum atomic E-state index is 4.36. The van der Waals surface area contributed by atoms with E-state index in [1.54, 1.807) is 0 Å². The Hall–Kier alpha value is -1.74. The van der Waals surface area contributed by atoms with Crippen molar-refractivity contribution in [1.82, 2.24) is 15.3 Å². The van der Waals surface area contributed by atoms with Crippen molar-refractivity contribution in [3.63, 3.8) is 0 Å². The molecule has 94 valence electrons. The third-order valence-corrected chi connectivity index (χ3v) is 2.93. The van der Waals surface area contributed by atoms with Crippen molar-refractivity contribution in [3.05, 3.63) is 60.2 Å². The van der Waals surface area contributed by atoms with Crippen LogP contribution in [0.15, 0.2) is 48.8 Å². The molecule has 0 fully saturated rings. The quantitative estimate of drug-likeness (QED) is 0.789. The van der Waals surface area contributed by atoms with Gasteiger partial charge in [-0.2, -0.15) is 0 Å². The van der Waals surface area contributed by atoms with Crippen molar-refractivity contribution in [1.29, 1.82) is 0 Å². The van der Waals surface area contributed by atoms with E-state index in [2.05, 4.69) is 34.3 Å². The predicted molar refractivity (Wildman–Crippen MR) is 73.5 cm³/mol. The highest BCUT2D eigenvalue weighted by atomic mass is 14.9. The number of nitrogens with one attached hydrogen (secondary N) is 1. The van der Waals surface area contributed by atoms with E-state index in [1.165, 1.54) is 0 Å². The van der Waals surface area contributed by atoms with Gasteiger partial charge in [-0.1, -0.05) is 19.1 Å². The Balaban J connectivity index is 1.70. The Morgan fingerprint density at radius 2 is 1.83 bits per heavy atom. The van der Waals surface area contributed by atoms with E-state index in [4.69, 9.17) is 0 Å². The normalized spacial score (nSPS) is 12.3. The minimum atomic E-state index is 0.440. The van der Waals surface area contributed by atoms with E-state index in [9.17, 15) is 0 Å². The van der Waals surface area contributed by atoms with Gasteiger partial charge < -0.3 is 5.32 Å². The maximum absolute atomic E-state index is 4.36. The van der Waals surface area contributed by atoms with Gasteiger partial charge in [0.25, 0.3) is 0 Å². The number of nitrogens with zero attached hydrogens (tertiary/aromatic N) is 2. The second kappa shape index (κ2) is 6.87. The number of hydrogen-bond acceptors (Lipinski definition) is 3. The Bertz CT molecular complexity index is 442. The molecule has 1 unspecified atom stereocenters. The van der Waals surface area contributed by atoms with Crippen LogP contribution in [0.2, 0.25) is 0 Å². The second-order valence-corrected chi connectivity index (χ2v) is 4.43. The summed E-state index contributed by atoms with van der Waals surface area (Å²) >= 11 is 0. The third kappa shape index (κ3) is 3.93. The van der Waals surface area contributed by atoms with Gasteiger partial charge in [0.15, 0.2) is 0 Å². The lowest BCUT2D eigenvalue weighted by Gasteiger charge is -2.11. The summed E-state index contributed by atoms with van der Waals surface area (Å²) in [7, 11) is 0. The van der Waals surface area contributed by atoms with E-state index < -0.39 is 0 Å². The Kier molecular flexibility index (Phi) is 4.85. The number of pyridine rings is 2. The summed E-state index contributed by atoms with van der Waals surface area (Å²) in [6.45, 7) is 4.09. The summed E-state index contributed by atoms with van der Waals surface area (Å²) < 4.78 is 0. The molecule has 0 saturated carbocycles. The lowest BCUT2D eigenvalue weighted by atomic mass is 10.1. The summed E-state index contributed by atoms with van der Waals surface area (Å²) in [6.07, 6.45) is 4.65. The van der Waals surface area contributed by atoms with E-state index in [0.717, 1.165) is 30.9 Å². The Labute approximate surface area is 108 Å². The van der Waals surface area contributed by atoms with Crippen LogP contribution in [0.4, 0.5) is 0 Å². The smallest absolute Gasteiger partial charge is 0.0444 e. The molecular weight excluding hydrogens is 222 g/mol. The van der Waals surface area contributed by atoms with E-state index in [1.807, 2.05) is 36.7 Å². The van der Waals surface area contributed by atoms with Gasteiger partial charge in [0.05, 0.1) is 0 Å². The first kappa shape index (κ1) is 12.7. The summed E-state index contributed by atoms with van der Waals surface area (Å²) in [5.41, 5.74) is 2.28. The highest BCUT2D eigenvalue weighted by Gasteiger charge is 2.05. The molecule has 2 rings (SSSR count). The van der Waals surface area contributed by atoms with Crippen LogP contribution in [0.3, 0.4) is 0 Å². The first-order valence-corrected chi connectivity index (χ1v) is 6.38. The molecule has 0 aliphatic heterocycles. The van der Waals surface area contributed by atoms with Crippen LogP contribution in [-0.4, -0.2) is 23.1 Å². The van der Waals surface area contributed by atoms with Gasteiger partial charge in [-0.05, 0) is 24.3 Å². The van der Waals surface area contributed by atoms with Gasteiger partial charge in [-0.25, -0.2) is 0 Å². The highest BCUT2D eigenvalue weighted by Crippen LogP contribution is 2.09. The van der Waals surface area contributed by atoms with Gasteiger partial charge in [-0.15, -0.1) is 0 Å². The number of rotatable bonds is 6. The van der Waals surface area contributed by atoms with E-state index >= 15 is 0 Å². The largest absolute Gasteiger partial charge is 0.316 e. The van der Waals surface area contributed by atoms with Crippen LogP contribution >= 0.6 is 0 Å². The van der Waals surface area contributed by atoms with Gasteiger partial charge >= 0.3 is 0 Å². The molecule has 0 aliphatic rings. The van der Waals surface area contributed by atoms with Crippen molar-refractivity contribution in [2.45, 2.75) is 19.3 Å². The van der Waals surface area contributed by atoms with Crippen molar-refractivity contribution in [3.8, 4) is 0 Å².